The van der Waals surface area contributed by atoms with Gasteiger partial charge in [0.25, 0.3) is 0 Å². The van der Waals surface area contributed by atoms with Crippen LogP contribution in [0.15, 0.2) is 227 Å². The maximum Gasteiger partial charge on any atom is 0.143 e. The minimum Gasteiger partial charge on any atom is -0.455 e. The first-order valence-electron chi connectivity index (χ1n) is 22.9. The largest absolute Gasteiger partial charge is 0.455 e. The molecule has 2 nitrogen and oxygen atoms in total. The molecule has 310 valence electrons. The third-order valence-electron chi connectivity index (χ3n) is 14.3. The van der Waals surface area contributed by atoms with Gasteiger partial charge >= 0.3 is 0 Å². The Morgan fingerprint density at radius 2 is 0.612 bits per heavy atom. The van der Waals surface area contributed by atoms with E-state index in [0.717, 1.165) is 55.0 Å². The monoisotopic (exact) mass is 868 g/mol. The van der Waals surface area contributed by atoms with Crippen LogP contribution in [0.1, 0.15) is 0 Å². The van der Waals surface area contributed by atoms with Crippen molar-refractivity contribution in [1.82, 2.24) is 0 Å². The summed E-state index contributed by atoms with van der Waals surface area (Å²) in [5.74, 6) is 0. The molecule has 0 spiro atoms. The number of rotatable bonds is 4. The molecule has 67 heavy (non-hydrogen) atoms. The van der Waals surface area contributed by atoms with Gasteiger partial charge in [-0.1, -0.05) is 194 Å². The zero-order valence-corrected chi connectivity index (χ0v) is 36.8. The first-order chi connectivity index (χ1) is 33.3. The second-order valence-electron chi connectivity index (χ2n) is 17.7. The van der Waals surface area contributed by atoms with Gasteiger partial charge in [-0.3, -0.25) is 0 Å². The van der Waals surface area contributed by atoms with E-state index in [2.05, 4.69) is 206 Å². The summed E-state index contributed by atoms with van der Waals surface area (Å²) >= 11 is 1.89. The highest BCUT2D eigenvalue weighted by atomic mass is 32.1. The van der Waals surface area contributed by atoms with Gasteiger partial charge in [-0.15, -0.1) is 11.3 Å². The van der Waals surface area contributed by atoms with Crippen molar-refractivity contribution in [3.05, 3.63) is 218 Å². The van der Waals surface area contributed by atoms with Crippen LogP contribution in [0.3, 0.4) is 0 Å². The molecule has 0 unspecified atom stereocenters. The molecule has 3 aromatic heterocycles. The number of hydrogen-bond donors (Lipinski definition) is 0. The van der Waals surface area contributed by atoms with Crippen molar-refractivity contribution in [3.8, 4) is 44.5 Å². The van der Waals surface area contributed by atoms with E-state index in [1.807, 2.05) is 23.5 Å². The Balaban J connectivity index is 0.956. The predicted octanol–water partition coefficient (Wildman–Crippen LogP) is 19.1. The molecule has 15 aromatic rings. The Morgan fingerprint density at radius 1 is 0.254 bits per heavy atom. The molecular formula is C64H36O2S. The summed E-state index contributed by atoms with van der Waals surface area (Å²) in [4.78, 5) is 0. The molecule has 15 rings (SSSR count). The summed E-state index contributed by atoms with van der Waals surface area (Å²) in [6.45, 7) is 0. The second kappa shape index (κ2) is 14.0. The van der Waals surface area contributed by atoms with Crippen molar-refractivity contribution in [2.75, 3.05) is 0 Å². The lowest BCUT2D eigenvalue weighted by atomic mass is 9.85. The number of thiophene rings is 1. The topological polar surface area (TPSA) is 26.3 Å². The van der Waals surface area contributed by atoms with E-state index >= 15 is 0 Å². The number of para-hydroxylation sites is 4. The third-order valence-corrected chi connectivity index (χ3v) is 15.5. The Bertz CT molecular complexity index is 4470. The highest BCUT2D eigenvalue weighted by Gasteiger charge is 2.24. The van der Waals surface area contributed by atoms with Gasteiger partial charge in [0.2, 0.25) is 0 Å². The third kappa shape index (κ3) is 5.20. The number of hydrogen-bond acceptors (Lipinski definition) is 3. The van der Waals surface area contributed by atoms with Gasteiger partial charge in [0.05, 0.1) is 0 Å². The molecule has 3 heteroatoms. The molecule has 0 fully saturated rings. The van der Waals surface area contributed by atoms with Crippen LogP contribution in [0.4, 0.5) is 0 Å². The van der Waals surface area contributed by atoms with Crippen LogP contribution in [-0.4, -0.2) is 0 Å². The lowest BCUT2D eigenvalue weighted by molar-refractivity contribution is 0.669. The molecule has 0 saturated carbocycles. The highest BCUT2D eigenvalue weighted by Crippen LogP contribution is 2.51. The van der Waals surface area contributed by atoms with Gasteiger partial charge in [0.15, 0.2) is 0 Å². The zero-order chi connectivity index (χ0) is 43.7. The molecule has 3 heterocycles. The summed E-state index contributed by atoms with van der Waals surface area (Å²) in [6, 6.07) is 79.6. The number of furan rings is 2. The van der Waals surface area contributed by atoms with Gasteiger partial charge in [-0.25, -0.2) is 0 Å². The molecule has 0 aliphatic carbocycles. The first-order valence-corrected chi connectivity index (χ1v) is 23.7. The van der Waals surface area contributed by atoms with E-state index in [4.69, 9.17) is 8.83 Å². The molecule has 12 aromatic carbocycles. The van der Waals surface area contributed by atoms with Crippen molar-refractivity contribution in [2.24, 2.45) is 0 Å². The summed E-state index contributed by atoms with van der Waals surface area (Å²) < 4.78 is 15.9. The maximum absolute atomic E-state index is 6.68. The van der Waals surface area contributed by atoms with Crippen LogP contribution in [0.25, 0.3) is 152 Å². The fraction of sp³-hybridized carbons (Fsp3) is 0. The molecule has 0 aliphatic heterocycles. The van der Waals surface area contributed by atoms with Crippen LogP contribution < -0.4 is 0 Å². The van der Waals surface area contributed by atoms with Crippen LogP contribution in [0.2, 0.25) is 0 Å². The van der Waals surface area contributed by atoms with Crippen molar-refractivity contribution in [1.29, 1.82) is 0 Å². The van der Waals surface area contributed by atoms with Gasteiger partial charge in [-0.05, 0) is 84.0 Å². The van der Waals surface area contributed by atoms with Gasteiger partial charge in [0, 0.05) is 69.5 Å². The van der Waals surface area contributed by atoms with E-state index in [1.54, 1.807) is 0 Å². The summed E-state index contributed by atoms with van der Waals surface area (Å²) in [5, 5.41) is 16.8. The summed E-state index contributed by atoms with van der Waals surface area (Å²) in [6.07, 6.45) is 0. The summed E-state index contributed by atoms with van der Waals surface area (Å²) in [7, 11) is 0. The maximum atomic E-state index is 6.68. The van der Waals surface area contributed by atoms with Gasteiger partial charge in [-0.2, -0.15) is 0 Å². The molecule has 0 N–H and O–H groups in total. The van der Waals surface area contributed by atoms with Crippen molar-refractivity contribution >= 4 is 118 Å². The zero-order valence-electron chi connectivity index (χ0n) is 36.0. The fourth-order valence-corrected chi connectivity index (χ4v) is 12.7. The average Bonchev–Trinajstić information content (AvgIpc) is 4.09. The van der Waals surface area contributed by atoms with Crippen LogP contribution in [-0.2, 0) is 0 Å². The fourth-order valence-electron chi connectivity index (χ4n) is 11.5. The lowest BCUT2D eigenvalue weighted by Crippen LogP contribution is -1.91. The van der Waals surface area contributed by atoms with Crippen molar-refractivity contribution < 1.29 is 8.83 Å². The van der Waals surface area contributed by atoms with Crippen LogP contribution in [0.5, 0.6) is 0 Å². The SMILES string of the molecule is c1ccc2c(c1)oc1c(-c3c4ccccc4c(-c4ccc5sc6c(-c7c8ccccc8c(-c8cccc9c8oc8ccccc89)c8ccccc78)cccc6c5c4)c4ccccc34)cccc12. The normalized spacial score (nSPS) is 12.2. The Morgan fingerprint density at radius 3 is 1.07 bits per heavy atom. The predicted molar refractivity (Wildman–Crippen MR) is 286 cm³/mol. The Labute approximate surface area is 388 Å². The smallest absolute Gasteiger partial charge is 0.143 e. The minimum atomic E-state index is 0.907. The Hall–Kier alpha value is -8.50. The van der Waals surface area contributed by atoms with Crippen LogP contribution >= 0.6 is 11.3 Å². The van der Waals surface area contributed by atoms with E-state index in [9.17, 15) is 0 Å². The molecule has 0 saturated heterocycles. The molecule has 0 aliphatic rings. The van der Waals surface area contributed by atoms with E-state index in [-0.39, 0.29) is 0 Å². The number of benzene rings is 12. The van der Waals surface area contributed by atoms with Crippen molar-refractivity contribution in [2.45, 2.75) is 0 Å². The molecule has 0 amide bonds. The second-order valence-corrected chi connectivity index (χ2v) is 18.8. The first kappa shape index (κ1) is 36.8. The molecule has 0 radical (unpaired) electrons. The van der Waals surface area contributed by atoms with Crippen LogP contribution in [0, 0.1) is 0 Å². The van der Waals surface area contributed by atoms with Gasteiger partial charge in [0.1, 0.15) is 22.3 Å². The highest BCUT2D eigenvalue weighted by molar-refractivity contribution is 7.26. The quantitative estimate of drug-likeness (QED) is 0.165. The summed E-state index contributed by atoms with van der Waals surface area (Å²) in [5.41, 5.74) is 13.2. The minimum absolute atomic E-state index is 0.907. The van der Waals surface area contributed by atoms with E-state index < -0.39 is 0 Å². The average molecular weight is 869 g/mol. The molecular weight excluding hydrogens is 833 g/mol. The van der Waals surface area contributed by atoms with E-state index in [1.165, 1.54) is 96.6 Å². The molecule has 0 bridgehead atoms. The Kier molecular flexibility index (Phi) is 7.69. The van der Waals surface area contributed by atoms with Crippen molar-refractivity contribution in [3.63, 3.8) is 0 Å². The lowest BCUT2D eigenvalue weighted by Gasteiger charge is -2.18. The standard InChI is InChI=1S/C64H36O2S/c1-3-20-42-40(18-1)58(41-19-2-4-21-43(41)59(42)51-29-13-26-48-38-16-9-11-32-55(38)65-62(48)51)37-34-35-57-54(36-37)50-28-15-31-53(64(50)67-57)61-46-24-7-5-22-44(46)60(45-23-6-8-25-47(45)61)52-30-14-27-49-39-17-10-12-33-56(39)66-63(49)52/h1-36H. The van der Waals surface area contributed by atoms with E-state index in [0.29, 0.717) is 0 Å². The number of fused-ring (bicyclic) bond motifs is 13. The van der Waals surface area contributed by atoms with Gasteiger partial charge < -0.3 is 8.83 Å². The molecule has 0 atom stereocenters.